The van der Waals surface area contributed by atoms with Crippen LogP contribution in [0.25, 0.3) is 16.5 Å². The van der Waals surface area contributed by atoms with Crippen LogP contribution >= 0.6 is 0 Å². The Hall–Kier alpha value is -4.63. The molecule has 1 aliphatic rings. The van der Waals surface area contributed by atoms with E-state index in [9.17, 15) is 9.18 Å². The number of hydrazine groups is 1. The summed E-state index contributed by atoms with van der Waals surface area (Å²) >= 11 is 0. The van der Waals surface area contributed by atoms with Crippen LogP contribution in [0.3, 0.4) is 0 Å². The molecule has 0 spiro atoms. The maximum absolute atomic E-state index is 13.7. The van der Waals surface area contributed by atoms with Gasteiger partial charge >= 0.3 is 0 Å². The first-order chi connectivity index (χ1) is 17.6. The molecule has 0 radical (unpaired) electrons. The number of nitriles is 1. The predicted molar refractivity (Wildman–Crippen MR) is 140 cm³/mol. The third kappa shape index (κ3) is 4.91. The lowest BCUT2D eigenvalue weighted by Crippen LogP contribution is -2.45. The number of nitrogens with one attached hydrogen (secondary N) is 1. The smallest absolute Gasteiger partial charge is 0.261 e. The summed E-state index contributed by atoms with van der Waals surface area (Å²) in [7, 11) is 0. The molecule has 4 aromatic carbocycles. The molecule has 5 rings (SSSR count). The molecule has 0 fully saturated rings. The summed E-state index contributed by atoms with van der Waals surface area (Å²) in [5.41, 5.74) is 6.86. The highest BCUT2D eigenvalue weighted by Gasteiger charge is 2.31. The molecule has 0 saturated heterocycles. The minimum atomic E-state index is -0.347. The Morgan fingerprint density at radius 1 is 0.944 bits per heavy atom. The van der Waals surface area contributed by atoms with Crippen molar-refractivity contribution in [1.29, 1.82) is 5.26 Å². The molecule has 0 unspecified atom stereocenters. The Balaban J connectivity index is 1.44. The van der Waals surface area contributed by atoms with Crippen molar-refractivity contribution in [3.8, 4) is 6.07 Å². The van der Waals surface area contributed by atoms with Crippen LogP contribution in [0.15, 0.2) is 103 Å². The number of nitrogens with zero attached hydrogens (tertiary/aromatic N) is 3. The van der Waals surface area contributed by atoms with Crippen LogP contribution in [0.5, 0.6) is 0 Å². The van der Waals surface area contributed by atoms with Crippen molar-refractivity contribution in [3.63, 3.8) is 0 Å². The highest BCUT2D eigenvalue weighted by atomic mass is 19.1. The van der Waals surface area contributed by atoms with Crippen molar-refractivity contribution in [2.24, 2.45) is 0 Å². The van der Waals surface area contributed by atoms with Gasteiger partial charge in [0.05, 0.1) is 30.8 Å². The summed E-state index contributed by atoms with van der Waals surface area (Å²) in [6, 6.07) is 32.1. The van der Waals surface area contributed by atoms with Crippen LogP contribution in [-0.2, 0) is 4.79 Å². The zero-order valence-electron chi connectivity index (χ0n) is 19.6. The fourth-order valence-corrected chi connectivity index (χ4v) is 4.48. The van der Waals surface area contributed by atoms with Gasteiger partial charge in [-0.15, -0.1) is 0 Å². The van der Waals surface area contributed by atoms with Crippen LogP contribution in [0, 0.1) is 17.1 Å². The zero-order valence-corrected chi connectivity index (χ0v) is 19.6. The summed E-state index contributed by atoms with van der Waals surface area (Å²) < 4.78 is 13.5. The highest BCUT2D eigenvalue weighted by molar-refractivity contribution is 5.88. The third-order valence-electron chi connectivity index (χ3n) is 6.33. The lowest BCUT2D eigenvalue weighted by molar-refractivity contribution is -0.132. The van der Waals surface area contributed by atoms with Crippen molar-refractivity contribution >= 4 is 28.1 Å². The molecule has 1 atom stereocenters. The quantitative estimate of drug-likeness (QED) is 0.365. The third-order valence-corrected chi connectivity index (χ3v) is 6.33. The maximum atomic E-state index is 13.7. The lowest BCUT2D eigenvalue weighted by atomic mass is 10.0. The fraction of sp³-hybridized carbons (Fsp3) is 0.133. The molecule has 5 nitrogen and oxygen atoms in total. The zero-order chi connectivity index (χ0) is 24.9. The molecular weight excluding hydrogens is 451 g/mol. The second-order valence-electron chi connectivity index (χ2n) is 8.68. The molecule has 1 N–H and O–H groups in total. The van der Waals surface area contributed by atoms with Crippen LogP contribution in [-0.4, -0.2) is 24.0 Å². The number of amides is 1. The van der Waals surface area contributed by atoms with Gasteiger partial charge in [0, 0.05) is 12.2 Å². The van der Waals surface area contributed by atoms with Gasteiger partial charge in [0.1, 0.15) is 5.82 Å². The van der Waals surface area contributed by atoms with Gasteiger partial charge in [0.2, 0.25) is 0 Å². The van der Waals surface area contributed by atoms with E-state index in [-0.39, 0.29) is 30.7 Å². The molecule has 1 aliphatic heterocycles. The number of benzene rings is 4. The lowest BCUT2D eigenvalue weighted by Gasteiger charge is -2.30. The molecule has 6 heteroatoms. The average molecular weight is 477 g/mol. The van der Waals surface area contributed by atoms with Crippen LogP contribution in [0.1, 0.15) is 23.6 Å². The minimum absolute atomic E-state index is 0.0441. The first-order valence-electron chi connectivity index (χ1n) is 11.8. The molecule has 4 aromatic rings. The Bertz CT molecular complexity index is 1440. The van der Waals surface area contributed by atoms with Crippen molar-refractivity contribution in [2.75, 3.05) is 18.0 Å². The molecule has 0 aliphatic carbocycles. The van der Waals surface area contributed by atoms with Gasteiger partial charge in [-0.25, -0.2) is 9.40 Å². The van der Waals surface area contributed by atoms with E-state index in [2.05, 4.69) is 47.9 Å². The average Bonchev–Trinajstić information content (AvgIpc) is 3.37. The summed E-state index contributed by atoms with van der Waals surface area (Å²) in [4.78, 5) is 15.5. The summed E-state index contributed by atoms with van der Waals surface area (Å²) in [6.45, 7) is 0.408. The predicted octanol–water partition coefficient (Wildman–Crippen LogP) is 5.83. The number of hydrogen-bond acceptors (Lipinski definition) is 4. The Morgan fingerprint density at radius 2 is 1.67 bits per heavy atom. The molecule has 0 saturated carbocycles. The molecule has 0 bridgehead atoms. The monoisotopic (exact) mass is 476 g/mol. The first kappa shape index (κ1) is 23.1. The normalized spacial score (nSPS) is 14.7. The molecular formula is C30H25FN4O. The van der Waals surface area contributed by atoms with E-state index in [4.69, 9.17) is 5.26 Å². The Kier molecular flexibility index (Phi) is 6.63. The van der Waals surface area contributed by atoms with Gasteiger partial charge in [-0.05, 0) is 58.3 Å². The molecule has 178 valence electrons. The summed E-state index contributed by atoms with van der Waals surface area (Å²) in [6.07, 6.45) is 2.32. The Labute approximate surface area is 209 Å². The second-order valence-corrected chi connectivity index (χ2v) is 8.68. The topological polar surface area (TPSA) is 59.4 Å². The molecule has 36 heavy (non-hydrogen) atoms. The molecule has 1 heterocycles. The van der Waals surface area contributed by atoms with Gasteiger partial charge in [-0.1, -0.05) is 66.7 Å². The number of carbonyl (C=O) groups is 1. The maximum Gasteiger partial charge on any atom is 0.261 e. The SMILES string of the molecule is N#CCCN(CC(=O)N1NC(c2ccc3ccccc3c2)=C[C@@H]1c1ccccc1)c1ccc(F)cc1. The first-order valence-corrected chi connectivity index (χ1v) is 11.8. The van der Waals surface area contributed by atoms with E-state index < -0.39 is 0 Å². The number of hydrogen-bond donors (Lipinski definition) is 1. The van der Waals surface area contributed by atoms with Gasteiger partial charge in [0.15, 0.2) is 0 Å². The second kappa shape index (κ2) is 10.3. The largest absolute Gasteiger partial charge is 0.361 e. The number of halogens is 1. The van der Waals surface area contributed by atoms with Gasteiger partial charge in [-0.2, -0.15) is 5.26 Å². The van der Waals surface area contributed by atoms with Crippen molar-refractivity contribution in [3.05, 3.63) is 120 Å². The van der Waals surface area contributed by atoms with Gasteiger partial charge < -0.3 is 4.90 Å². The Morgan fingerprint density at radius 3 is 2.42 bits per heavy atom. The van der Waals surface area contributed by atoms with E-state index in [0.29, 0.717) is 12.2 Å². The van der Waals surface area contributed by atoms with Crippen LogP contribution in [0.2, 0.25) is 0 Å². The van der Waals surface area contributed by atoms with Crippen molar-refractivity contribution in [1.82, 2.24) is 10.4 Å². The standard InChI is InChI=1S/C30H25FN4O/c31-26-13-15-27(16-14-26)34(18-6-17-32)21-30(36)35-29(23-8-2-1-3-9-23)20-28(33-35)25-12-11-22-7-4-5-10-24(22)19-25/h1-5,7-16,19-20,29,33H,6,18,21H2/t29-/m1/s1. The van der Waals surface area contributed by atoms with E-state index >= 15 is 0 Å². The number of rotatable bonds is 7. The summed E-state index contributed by atoms with van der Waals surface area (Å²) in [5.74, 6) is -0.502. The van der Waals surface area contributed by atoms with Crippen molar-refractivity contribution in [2.45, 2.75) is 12.5 Å². The van der Waals surface area contributed by atoms with Crippen LogP contribution in [0.4, 0.5) is 10.1 Å². The van der Waals surface area contributed by atoms with E-state index in [1.807, 2.05) is 47.4 Å². The summed E-state index contributed by atoms with van der Waals surface area (Å²) in [5, 5.41) is 13.0. The number of carbonyl (C=O) groups excluding carboxylic acids is 1. The van der Waals surface area contributed by atoms with E-state index in [0.717, 1.165) is 27.6 Å². The van der Waals surface area contributed by atoms with E-state index in [1.165, 1.54) is 12.1 Å². The highest BCUT2D eigenvalue weighted by Crippen LogP contribution is 2.32. The van der Waals surface area contributed by atoms with Crippen molar-refractivity contribution < 1.29 is 9.18 Å². The van der Waals surface area contributed by atoms with E-state index in [1.54, 1.807) is 17.1 Å². The molecule has 0 aromatic heterocycles. The van der Waals surface area contributed by atoms with Crippen LogP contribution < -0.4 is 10.3 Å². The minimum Gasteiger partial charge on any atom is -0.361 e. The number of anilines is 1. The fourth-order valence-electron chi connectivity index (χ4n) is 4.48. The van der Waals surface area contributed by atoms with Gasteiger partial charge in [-0.3, -0.25) is 10.2 Å². The van der Waals surface area contributed by atoms with Gasteiger partial charge in [0.25, 0.3) is 5.91 Å². The molecule has 1 amide bonds. The number of fused-ring (bicyclic) bond motifs is 1.